The van der Waals surface area contributed by atoms with Crippen molar-refractivity contribution in [1.82, 2.24) is 5.32 Å². The van der Waals surface area contributed by atoms with Gasteiger partial charge in [0.2, 0.25) is 5.91 Å². The molecule has 1 aromatic carbocycles. The maximum absolute atomic E-state index is 12.5. The van der Waals surface area contributed by atoms with Crippen LogP contribution in [0.4, 0.5) is 0 Å². The van der Waals surface area contributed by atoms with Gasteiger partial charge in [-0.3, -0.25) is 4.79 Å². The highest BCUT2D eigenvalue weighted by molar-refractivity contribution is 9.10. The second-order valence-electron chi connectivity index (χ2n) is 6.09. The van der Waals surface area contributed by atoms with Gasteiger partial charge in [-0.15, -0.1) is 12.4 Å². The smallest absolute Gasteiger partial charge is 0.225 e. The number of nitrogens with one attached hydrogen (secondary N) is 1. The molecule has 0 heterocycles. The third-order valence-electron chi connectivity index (χ3n) is 4.30. The number of amides is 1. The van der Waals surface area contributed by atoms with Crippen LogP contribution in [0.1, 0.15) is 51.1 Å². The first-order chi connectivity index (χ1) is 9.40. The summed E-state index contributed by atoms with van der Waals surface area (Å²) in [7, 11) is 0. The monoisotopic (exact) mass is 374 g/mol. The van der Waals surface area contributed by atoms with Gasteiger partial charge in [-0.25, -0.2) is 0 Å². The number of hydrogen-bond acceptors (Lipinski definition) is 2. The van der Waals surface area contributed by atoms with E-state index in [1.54, 1.807) is 0 Å². The number of halogens is 2. The van der Waals surface area contributed by atoms with E-state index in [1.807, 2.05) is 38.1 Å². The molecule has 1 amide bonds. The molecule has 3 atom stereocenters. The van der Waals surface area contributed by atoms with Crippen LogP contribution in [0.25, 0.3) is 0 Å². The molecule has 1 aliphatic rings. The first-order valence-electron chi connectivity index (χ1n) is 7.25. The number of carbonyl (C=O) groups excluding carboxylic acids is 1. The van der Waals surface area contributed by atoms with Gasteiger partial charge in [-0.2, -0.15) is 0 Å². The maximum Gasteiger partial charge on any atom is 0.225 e. The Balaban J connectivity index is 0.00000220. The molecule has 0 saturated heterocycles. The molecule has 1 fully saturated rings. The van der Waals surface area contributed by atoms with Crippen LogP contribution in [0.3, 0.4) is 0 Å². The van der Waals surface area contributed by atoms with E-state index in [0.29, 0.717) is 0 Å². The molecule has 2 rings (SSSR count). The minimum absolute atomic E-state index is 0. The molecule has 0 spiro atoms. The lowest BCUT2D eigenvalue weighted by Crippen LogP contribution is -2.53. The summed E-state index contributed by atoms with van der Waals surface area (Å²) in [5.41, 5.74) is 7.02. The summed E-state index contributed by atoms with van der Waals surface area (Å²) in [4.78, 5) is 12.5. The topological polar surface area (TPSA) is 55.1 Å². The Morgan fingerprint density at radius 2 is 2.00 bits per heavy atom. The van der Waals surface area contributed by atoms with Crippen LogP contribution >= 0.6 is 28.3 Å². The van der Waals surface area contributed by atoms with Gasteiger partial charge in [-0.05, 0) is 44.4 Å². The molecule has 5 heteroatoms. The van der Waals surface area contributed by atoms with Gasteiger partial charge in [0.05, 0.1) is 12.0 Å². The number of benzene rings is 1. The van der Waals surface area contributed by atoms with Gasteiger partial charge in [0.15, 0.2) is 0 Å². The molecule has 21 heavy (non-hydrogen) atoms. The second kappa shape index (κ2) is 7.61. The van der Waals surface area contributed by atoms with Crippen molar-refractivity contribution in [2.24, 2.45) is 11.7 Å². The van der Waals surface area contributed by atoms with Crippen LogP contribution in [0.15, 0.2) is 28.7 Å². The number of rotatable bonds is 3. The van der Waals surface area contributed by atoms with Crippen molar-refractivity contribution in [3.8, 4) is 0 Å². The zero-order chi connectivity index (χ0) is 14.8. The fraction of sp³-hybridized carbons (Fsp3) is 0.562. The molecule has 0 aliphatic heterocycles. The van der Waals surface area contributed by atoms with Gasteiger partial charge in [0.1, 0.15) is 0 Å². The summed E-state index contributed by atoms with van der Waals surface area (Å²) in [6.07, 6.45) is 4.04. The Morgan fingerprint density at radius 1 is 1.38 bits per heavy atom. The van der Waals surface area contributed by atoms with E-state index in [2.05, 4.69) is 21.2 Å². The minimum atomic E-state index is -0.373. The van der Waals surface area contributed by atoms with Gasteiger partial charge in [0.25, 0.3) is 0 Å². The van der Waals surface area contributed by atoms with Crippen molar-refractivity contribution >= 4 is 34.2 Å². The highest BCUT2D eigenvalue weighted by atomic mass is 79.9. The Kier molecular flexibility index (Phi) is 6.70. The normalized spacial score (nSPS) is 26.6. The van der Waals surface area contributed by atoms with Crippen molar-refractivity contribution in [2.45, 2.75) is 51.1 Å². The molecule has 3 nitrogen and oxygen atoms in total. The zero-order valence-corrected chi connectivity index (χ0v) is 15.0. The van der Waals surface area contributed by atoms with E-state index in [0.717, 1.165) is 35.7 Å². The fourth-order valence-corrected chi connectivity index (χ4v) is 3.20. The molecule has 0 aromatic heterocycles. The molecule has 118 valence electrons. The minimum Gasteiger partial charge on any atom is -0.349 e. The lowest BCUT2D eigenvalue weighted by molar-refractivity contribution is -0.128. The third kappa shape index (κ3) is 4.70. The van der Waals surface area contributed by atoms with Crippen molar-refractivity contribution in [2.75, 3.05) is 0 Å². The van der Waals surface area contributed by atoms with Gasteiger partial charge >= 0.3 is 0 Å². The largest absolute Gasteiger partial charge is 0.349 e. The van der Waals surface area contributed by atoms with E-state index in [9.17, 15) is 4.79 Å². The maximum atomic E-state index is 12.5. The summed E-state index contributed by atoms with van der Waals surface area (Å²) < 4.78 is 1.04. The SMILES string of the molecule is CC(NC(=O)C1CCCCC1(C)N)c1ccc(Br)cc1.Cl. The quantitative estimate of drug-likeness (QED) is 0.840. The van der Waals surface area contributed by atoms with E-state index >= 15 is 0 Å². The Hall–Kier alpha value is -0.580. The van der Waals surface area contributed by atoms with E-state index in [1.165, 1.54) is 0 Å². The highest BCUT2D eigenvalue weighted by Gasteiger charge is 2.38. The zero-order valence-electron chi connectivity index (χ0n) is 12.6. The summed E-state index contributed by atoms with van der Waals surface area (Å²) in [5, 5.41) is 3.11. The van der Waals surface area contributed by atoms with E-state index in [-0.39, 0.29) is 35.8 Å². The average Bonchev–Trinajstić information content (AvgIpc) is 2.38. The Morgan fingerprint density at radius 3 is 2.57 bits per heavy atom. The molecule has 1 saturated carbocycles. The predicted octanol–water partition coefficient (Wildman–Crippen LogP) is 3.96. The Labute approximate surface area is 141 Å². The molecule has 1 aliphatic carbocycles. The molecule has 0 bridgehead atoms. The van der Waals surface area contributed by atoms with Crippen LogP contribution in [-0.2, 0) is 4.79 Å². The van der Waals surface area contributed by atoms with E-state index in [4.69, 9.17) is 5.73 Å². The van der Waals surface area contributed by atoms with Crippen LogP contribution in [0.2, 0.25) is 0 Å². The summed E-state index contributed by atoms with van der Waals surface area (Å²) in [5.74, 6) is 0.0132. The summed E-state index contributed by atoms with van der Waals surface area (Å²) in [6, 6.07) is 8.04. The molecule has 1 aromatic rings. The van der Waals surface area contributed by atoms with Gasteiger partial charge in [0, 0.05) is 10.0 Å². The second-order valence-corrected chi connectivity index (χ2v) is 7.00. The molecular weight excluding hydrogens is 352 g/mol. The lowest BCUT2D eigenvalue weighted by Gasteiger charge is -2.37. The summed E-state index contributed by atoms with van der Waals surface area (Å²) in [6.45, 7) is 4.01. The van der Waals surface area contributed by atoms with Crippen molar-refractivity contribution < 1.29 is 4.79 Å². The van der Waals surface area contributed by atoms with Crippen LogP contribution in [0.5, 0.6) is 0 Å². The van der Waals surface area contributed by atoms with Crippen LogP contribution < -0.4 is 11.1 Å². The standard InChI is InChI=1S/C16H23BrN2O.ClH/c1-11(12-6-8-13(17)9-7-12)19-15(20)14-5-3-4-10-16(14,2)18;/h6-9,11,14H,3-5,10,18H2,1-2H3,(H,19,20);1H. The van der Waals surface area contributed by atoms with Crippen molar-refractivity contribution in [1.29, 1.82) is 0 Å². The predicted molar refractivity (Wildman–Crippen MR) is 92.5 cm³/mol. The molecule has 3 unspecified atom stereocenters. The van der Waals surface area contributed by atoms with Crippen molar-refractivity contribution in [3.63, 3.8) is 0 Å². The number of nitrogens with two attached hydrogens (primary N) is 1. The molecule has 0 radical (unpaired) electrons. The number of hydrogen-bond donors (Lipinski definition) is 2. The van der Waals surface area contributed by atoms with Gasteiger partial charge < -0.3 is 11.1 Å². The first kappa shape index (κ1) is 18.5. The fourth-order valence-electron chi connectivity index (χ4n) is 2.94. The first-order valence-corrected chi connectivity index (χ1v) is 8.04. The number of carbonyl (C=O) groups is 1. The highest BCUT2D eigenvalue weighted by Crippen LogP contribution is 2.32. The van der Waals surface area contributed by atoms with E-state index < -0.39 is 0 Å². The van der Waals surface area contributed by atoms with Crippen molar-refractivity contribution in [3.05, 3.63) is 34.3 Å². The van der Waals surface area contributed by atoms with Crippen LogP contribution in [-0.4, -0.2) is 11.4 Å². The average molecular weight is 376 g/mol. The van der Waals surface area contributed by atoms with Gasteiger partial charge in [-0.1, -0.05) is 40.9 Å². The molecular formula is C16H24BrClN2O. The van der Waals surface area contributed by atoms with Crippen LogP contribution in [0, 0.1) is 5.92 Å². The Bertz CT molecular complexity index is 476. The lowest BCUT2D eigenvalue weighted by atomic mass is 9.74. The molecule has 3 N–H and O–H groups in total. The third-order valence-corrected chi connectivity index (χ3v) is 4.83. The summed E-state index contributed by atoms with van der Waals surface area (Å²) >= 11 is 3.42.